The molecule has 0 bridgehead atoms. The summed E-state index contributed by atoms with van der Waals surface area (Å²) in [4.78, 5) is 25.2. The number of nitrogens with zero attached hydrogens (tertiary/aromatic N) is 1. The predicted octanol–water partition coefficient (Wildman–Crippen LogP) is 3.33. The second-order valence-electron chi connectivity index (χ2n) is 5.01. The third-order valence-electron chi connectivity index (χ3n) is 2.62. The van der Waals surface area contributed by atoms with Gasteiger partial charge in [-0.25, -0.2) is 4.79 Å². The van der Waals surface area contributed by atoms with Crippen LogP contribution in [0.15, 0.2) is 21.5 Å². The minimum atomic E-state index is -0.624. The number of hydrogen-bond donors (Lipinski definition) is 2. The quantitative estimate of drug-likeness (QED) is 0.750. The lowest BCUT2D eigenvalue weighted by Gasteiger charge is -2.14. The Bertz CT molecular complexity index is 776. The molecule has 1 amide bonds. The van der Waals surface area contributed by atoms with E-state index in [0.29, 0.717) is 33.1 Å². The van der Waals surface area contributed by atoms with Crippen LogP contribution in [-0.4, -0.2) is 27.9 Å². The summed E-state index contributed by atoms with van der Waals surface area (Å²) in [6, 6.07) is 3.10. The van der Waals surface area contributed by atoms with E-state index in [1.165, 1.54) is 17.8 Å². The molecule has 0 unspecified atom stereocenters. The molecule has 0 atom stereocenters. The number of halogens is 2. The van der Waals surface area contributed by atoms with Gasteiger partial charge < -0.3 is 10.1 Å². The fourth-order valence-corrected chi connectivity index (χ4v) is 2.87. The highest BCUT2D eigenvalue weighted by Gasteiger charge is 2.12. The van der Waals surface area contributed by atoms with E-state index < -0.39 is 5.76 Å². The zero-order valence-electron chi connectivity index (χ0n) is 12.9. The lowest BCUT2D eigenvalue weighted by Crippen LogP contribution is -2.15. The Morgan fingerprint density at radius 3 is 2.79 bits per heavy atom. The highest BCUT2D eigenvalue weighted by molar-refractivity contribution is 7.99. The smallest absolute Gasteiger partial charge is 0.438 e. The molecule has 0 spiro atoms. The van der Waals surface area contributed by atoms with Gasteiger partial charge in [0.25, 0.3) is 0 Å². The van der Waals surface area contributed by atoms with Gasteiger partial charge in [0, 0.05) is 6.07 Å². The number of nitrogens with one attached hydrogen (secondary N) is 2. The number of amides is 1. The molecular weight excluding hydrogens is 377 g/mol. The summed E-state index contributed by atoms with van der Waals surface area (Å²) in [6.07, 6.45) is -0.0626. The molecule has 0 aliphatic carbocycles. The summed E-state index contributed by atoms with van der Waals surface area (Å²) in [6.45, 7) is 3.74. The Hall–Kier alpha value is -1.64. The summed E-state index contributed by atoms with van der Waals surface area (Å²) < 4.78 is 9.93. The molecule has 0 radical (unpaired) electrons. The van der Waals surface area contributed by atoms with Crippen LogP contribution in [0.5, 0.6) is 5.75 Å². The fraction of sp³-hybridized carbons (Fsp3) is 0.357. The van der Waals surface area contributed by atoms with Gasteiger partial charge in [-0.2, -0.15) is 0 Å². The third-order valence-corrected chi connectivity index (χ3v) is 4.17. The monoisotopic (exact) mass is 391 g/mol. The maximum Gasteiger partial charge on any atom is 0.438 e. The molecule has 7 nitrogen and oxygen atoms in total. The van der Waals surface area contributed by atoms with Crippen LogP contribution in [0.4, 0.5) is 5.69 Å². The van der Waals surface area contributed by atoms with Crippen molar-refractivity contribution in [2.75, 3.05) is 11.1 Å². The number of carbonyl (C=O) groups excluding carboxylic acids is 1. The van der Waals surface area contributed by atoms with E-state index in [1.807, 2.05) is 13.8 Å². The van der Waals surface area contributed by atoms with Gasteiger partial charge in [-0.15, -0.1) is 11.8 Å². The molecule has 2 aromatic rings. The maximum atomic E-state index is 12.0. The number of thioether (sulfide) groups is 1. The van der Waals surface area contributed by atoms with Crippen LogP contribution >= 0.6 is 35.0 Å². The number of H-pyrrole nitrogens is 1. The van der Waals surface area contributed by atoms with Crippen molar-refractivity contribution >= 4 is 46.6 Å². The number of aromatic amines is 1. The molecule has 0 aliphatic rings. The Labute approximate surface area is 152 Å². The Morgan fingerprint density at radius 2 is 2.17 bits per heavy atom. The lowest BCUT2D eigenvalue weighted by molar-refractivity contribution is -0.113. The van der Waals surface area contributed by atoms with E-state index in [9.17, 15) is 9.59 Å². The van der Waals surface area contributed by atoms with Crippen molar-refractivity contribution in [1.82, 2.24) is 10.1 Å². The van der Waals surface area contributed by atoms with Crippen molar-refractivity contribution in [2.24, 2.45) is 0 Å². The number of benzene rings is 1. The van der Waals surface area contributed by atoms with E-state index in [0.717, 1.165) is 0 Å². The zero-order valence-corrected chi connectivity index (χ0v) is 15.2. The van der Waals surface area contributed by atoms with Gasteiger partial charge >= 0.3 is 5.76 Å². The van der Waals surface area contributed by atoms with Crippen LogP contribution in [-0.2, 0) is 10.5 Å². The first-order valence-corrected chi connectivity index (χ1v) is 8.84. The fourth-order valence-electron chi connectivity index (χ4n) is 1.72. The number of hydrogen-bond acceptors (Lipinski definition) is 6. The standard InChI is InChI=1S/C14H15Cl2N3O4S/c1-7(2)22-11-4-10(8(15)3-9(11)16)17-13(20)6-24-5-12-18-14(21)23-19-12/h3-4,7H,5-6H2,1-2H3,(H,17,20)(H,18,19,21). The SMILES string of the molecule is CC(C)Oc1cc(NC(=O)CSCc2noc(=O)[nH]2)c(Cl)cc1Cl. The number of ether oxygens (including phenoxy) is 1. The topological polar surface area (TPSA) is 97.2 Å². The molecule has 0 aliphatic heterocycles. The van der Waals surface area contributed by atoms with Gasteiger partial charge in [0.1, 0.15) is 5.75 Å². The number of carbonyl (C=O) groups is 1. The summed E-state index contributed by atoms with van der Waals surface area (Å²) in [5.74, 6) is 0.420. The average Bonchev–Trinajstić information content (AvgIpc) is 2.89. The first kappa shape index (κ1) is 18.7. The van der Waals surface area contributed by atoms with Gasteiger partial charge in [-0.05, 0) is 19.9 Å². The molecule has 24 heavy (non-hydrogen) atoms. The molecule has 10 heteroatoms. The minimum absolute atomic E-state index is 0.0626. The second kappa shape index (κ2) is 8.46. The van der Waals surface area contributed by atoms with Crippen molar-refractivity contribution < 1.29 is 14.1 Å². The predicted molar refractivity (Wildman–Crippen MR) is 94.1 cm³/mol. The van der Waals surface area contributed by atoms with Crippen LogP contribution < -0.4 is 15.8 Å². The summed E-state index contributed by atoms with van der Waals surface area (Å²) in [5.41, 5.74) is 0.414. The molecule has 2 N–H and O–H groups in total. The van der Waals surface area contributed by atoms with Crippen LogP contribution in [0, 0.1) is 0 Å². The average molecular weight is 392 g/mol. The Balaban J connectivity index is 1.94. The van der Waals surface area contributed by atoms with Gasteiger partial charge in [-0.1, -0.05) is 28.4 Å². The first-order chi connectivity index (χ1) is 11.3. The Morgan fingerprint density at radius 1 is 1.42 bits per heavy atom. The van der Waals surface area contributed by atoms with Crippen molar-refractivity contribution in [3.63, 3.8) is 0 Å². The molecule has 0 fully saturated rings. The summed E-state index contributed by atoms with van der Waals surface area (Å²) in [7, 11) is 0. The van der Waals surface area contributed by atoms with E-state index in [1.54, 1.807) is 6.07 Å². The van der Waals surface area contributed by atoms with E-state index in [-0.39, 0.29) is 17.8 Å². The van der Waals surface area contributed by atoms with Gasteiger partial charge in [-0.3, -0.25) is 14.3 Å². The lowest BCUT2D eigenvalue weighted by atomic mass is 10.3. The number of rotatable bonds is 7. The van der Waals surface area contributed by atoms with Gasteiger partial charge in [0.15, 0.2) is 5.82 Å². The first-order valence-electron chi connectivity index (χ1n) is 6.93. The van der Waals surface area contributed by atoms with E-state index in [4.69, 9.17) is 27.9 Å². The third kappa shape index (κ3) is 5.47. The molecular formula is C14H15Cl2N3O4S. The molecule has 130 valence electrons. The van der Waals surface area contributed by atoms with Gasteiger partial charge in [0.05, 0.1) is 33.3 Å². The highest BCUT2D eigenvalue weighted by atomic mass is 35.5. The van der Waals surface area contributed by atoms with E-state index >= 15 is 0 Å². The van der Waals surface area contributed by atoms with Crippen molar-refractivity contribution in [2.45, 2.75) is 25.7 Å². The van der Waals surface area contributed by atoms with Crippen LogP contribution in [0.1, 0.15) is 19.7 Å². The maximum absolute atomic E-state index is 12.0. The second-order valence-corrected chi connectivity index (χ2v) is 6.81. The highest BCUT2D eigenvalue weighted by Crippen LogP contribution is 2.34. The van der Waals surface area contributed by atoms with Crippen molar-refractivity contribution in [3.05, 3.63) is 38.6 Å². The zero-order chi connectivity index (χ0) is 17.7. The molecule has 1 heterocycles. The van der Waals surface area contributed by atoms with Crippen molar-refractivity contribution in [1.29, 1.82) is 0 Å². The molecule has 1 aromatic carbocycles. The van der Waals surface area contributed by atoms with Crippen molar-refractivity contribution in [3.8, 4) is 5.75 Å². The number of anilines is 1. The molecule has 2 rings (SSSR count). The Kier molecular flexibility index (Phi) is 6.59. The van der Waals surface area contributed by atoms with Crippen LogP contribution in [0.25, 0.3) is 0 Å². The molecule has 1 aromatic heterocycles. The van der Waals surface area contributed by atoms with Gasteiger partial charge in [0.2, 0.25) is 5.91 Å². The summed E-state index contributed by atoms with van der Waals surface area (Å²) >= 11 is 13.4. The minimum Gasteiger partial charge on any atom is -0.489 e. The molecule has 0 saturated carbocycles. The largest absolute Gasteiger partial charge is 0.489 e. The van der Waals surface area contributed by atoms with Crippen LogP contribution in [0.3, 0.4) is 0 Å². The normalized spacial score (nSPS) is 10.9. The number of aromatic nitrogens is 2. The summed E-state index contributed by atoms with van der Waals surface area (Å²) in [5, 5.41) is 6.89. The van der Waals surface area contributed by atoms with E-state index in [2.05, 4.69) is 20.0 Å². The van der Waals surface area contributed by atoms with Crippen LogP contribution in [0.2, 0.25) is 10.0 Å². The molecule has 0 saturated heterocycles.